The van der Waals surface area contributed by atoms with Crippen molar-refractivity contribution in [3.63, 3.8) is 0 Å². The molecule has 1 N–H and O–H groups in total. The van der Waals surface area contributed by atoms with Crippen LogP contribution in [0.5, 0.6) is 0 Å². The number of thiazole rings is 1. The minimum absolute atomic E-state index is 0.0532. The second-order valence-electron chi connectivity index (χ2n) is 7.79. The number of fused-ring (bicyclic) bond motifs is 1. The molecular formula is C22H22N4OS. The van der Waals surface area contributed by atoms with Crippen molar-refractivity contribution in [2.24, 2.45) is 0 Å². The van der Waals surface area contributed by atoms with Crippen LogP contribution < -0.4 is 5.32 Å². The third kappa shape index (κ3) is 3.82. The lowest BCUT2D eigenvalue weighted by Gasteiger charge is -2.13. The molecule has 2 aromatic heterocycles. The van der Waals surface area contributed by atoms with Gasteiger partial charge in [-0.15, -0.1) is 11.3 Å². The maximum absolute atomic E-state index is 12.5. The molecule has 5 nitrogen and oxygen atoms in total. The Morgan fingerprint density at radius 1 is 1.07 bits per heavy atom. The highest BCUT2D eigenvalue weighted by molar-refractivity contribution is 7.13. The van der Waals surface area contributed by atoms with Gasteiger partial charge >= 0.3 is 0 Å². The lowest BCUT2D eigenvalue weighted by atomic mass is 9.98. The van der Waals surface area contributed by atoms with Gasteiger partial charge in [-0.25, -0.2) is 9.97 Å². The van der Waals surface area contributed by atoms with Crippen molar-refractivity contribution in [1.82, 2.24) is 14.5 Å². The van der Waals surface area contributed by atoms with E-state index in [0.717, 1.165) is 33.8 Å². The van der Waals surface area contributed by atoms with Crippen LogP contribution in [0.2, 0.25) is 0 Å². The molecule has 0 bridgehead atoms. The number of imidazole rings is 1. The minimum Gasteiger partial charge on any atom is -0.326 e. The van der Waals surface area contributed by atoms with E-state index >= 15 is 0 Å². The Bertz CT molecular complexity index is 1120. The minimum atomic E-state index is -0.124. The van der Waals surface area contributed by atoms with Crippen LogP contribution in [0.15, 0.2) is 61.1 Å². The van der Waals surface area contributed by atoms with E-state index in [9.17, 15) is 4.79 Å². The van der Waals surface area contributed by atoms with Crippen molar-refractivity contribution >= 4 is 34.0 Å². The number of hydrogen-bond donors (Lipinski definition) is 1. The lowest BCUT2D eigenvalue weighted by molar-refractivity contribution is 0.103. The fraction of sp³-hybridized carbons (Fsp3) is 0.227. The zero-order chi connectivity index (χ0) is 19.7. The van der Waals surface area contributed by atoms with Gasteiger partial charge in [-0.2, -0.15) is 0 Å². The summed E-state index contributed by atoms with van der Waals surface area (Å²) in [5.41, 5.74) is 3.97. The molecule has 0 unspecified atom stereocenters. The summed E-state index contributed by atoms with van der Waals surface area (Å²) in [6.07, 6.45) is 3.51. The van der Waals surface area contributed by atoms with E-state index in [-0.39, 0.29) is 11.3 Å². The van der Waals surface area contributed by atoms with Crippen molar-refractivity contribution in [1.29, 1.82) is 0 Å². The molecule has 0 radical (unpaired) electrons. The molecule has 6 heteroatoms. The number of amides is 1. The summed E-state index contributed by atoms with van der Waals surface area (Å²) in [6.45, 7) is 7.01. The van der Waals surface area contributed by atoms with Crippen LogP contribution >= 0.6 is 11.3 Å². The number of para-hydroxylation sites is 2. The molecule has 0 aliphatic rings. The molecule has 4 aromatic rings. The summed E-state index contributed by atoms with van der Waals surface area (Å²) in [6, 6.07) is 16.0. The average molecular weight is 391 g/mol. The van der Waals surface area contributed by atoms with Gasteiger partial charge in [0.25, 0.3) is 5.91 Å². The Morgan fingerprint density at radius 3 is 2.54 bits per heavy atom. The van der Waals surface area contributed by atoms with Gasteiger partial charge in [0.15, 0.2) is 0 Å². The number of rotatable bonds is 4. The first-order valence-corrected chi connectivity index (χ1v) is 9.98. The summed E-state index contributed by atoms with van der Waals surface area (Å²) in [4.78, 5) is 21.9. The number of nitrogens with one attached hydrogen (secondary N) is 1. The van der Waals surface area contributed by atoms with Crippen LogP contribution in [0.25, 0.3) is 11.0 Å². The van der Waals surface area contributed by atoms with Gasteiger partial charge in [0.2, 0.25) is 0 Å². The Labute approximate surface area is 168 Å². The first-order valence-electron chi connectivity index (χ1n) is 9.16. The number of anilines is 1. The fourth-order valence-electron chi connectivity index (χ4n) is 2.95. The van der Waals surface area contributed by atoms with Crippen molar-refractivity contribution in [2.75, 3.05) is 5.32 Å². The number of aromatic nitrogens is 3. The summed E-state index contributed by atoms with van der Waals surface area (Å²) in [5.74, 6) is -0.124. The normalized spacial score (nSPS) is 11.7. The summed E-state index contributed by atoms with van der Waals surface area (Å²) in [7, 11) is 0. The Hall–Kier alpha value is -2.99. The zero-order valence-electron chi connectivity index (χ0n) is 16.1. The first-order chi connectivity index (χ1) is 13.4. The molecule has 0 aliphatic heterocycles. The van der Waals surface area contributed by atoms with Crippen LogP contribution in [0, 0.1) is 0 Å². The third-order valence-electron chi connectivity index (χ3n) is 4.46. The van der Waals surface area contributed by atoms with Crippen LogP contribution in [-0.4, -0.2) is 20.4 Å². The van der Waals surface area contributed by atoms with Crippen LogP contribution in [-0.2, 0) is 12.0 Å². The first kappa shape index (κ1) is 18.4. The van der Waals surface area contributed by atoms with Gasteiger partial charge in [-0.3, -0.25) is 4.79 Å². The van der Waals surface area contributed by atoms with E-state index in [2.05, 4.69) is 46.7 Å². The van der Waals surface area contributed by atoms with Gasteiger partial charge in [-0.1, -0.05) is 45.0 Å². The maximum atomic E-state index is 12.5. The van der Waals surface area contributed by atoms with Gasteiger partial charge in [0.05, 0.1) is 28.6 Å². The molecule has 0 atom stereocenters. The molecule has 0 spiro atoms. The highest BCUT2D eigenvalue weighted by Gasteiger charge is 2.20. The number of nitrogens with zero attached hydrogens (tertiary/aromatic N) is 3. The van der Waals surface area contributed by atoms with Crippen molar-refractivity contribution < 1.29 is 4.79 Å². The van der Waals surface area contributed by atoms with Gasteiger partial charge in [-0.05, 0) is 29.8 Å². The maximum Gasteiger partial charge on any atom is 0.267 e. The highest BCUT2D eigenvalue weighted by atomic mass is 32.1. The third-order valence-corrected chi connectivity index (χ3v) is 5.89. The fourth-order valence-corrected chi connectivity index (χ4v) is 3.81. The molecule has 2 heterocycles. The number of hydrogen-bond acceptors (Lipinski definition) is 4. The molecule has 1 amide bonds. The quantitative estimate of drug-likeness (QED) is 0.528. The molecule has 28 heavy (non-hydrogen) atoms. The molecular weight excluding hydrogens is 368 g/mol. The van der Waals surface area contributed by atoms with Crippen LogP contribution in [0.1, 0.15) is 41.0 Å². The molecule has 2 aromatic carbocycles. The van der Waals surface area contributed by atoms with E-state index < -0.39 is 0 Å². The van der Waals surface area contributed by atoms with Crippen molar-refractivity contribution in [2.45, 2.75) is 32.7 Å². The standard InChI is InChI=1S/C22H22N4OS/c1-22(2,3)21-23-12-19(28-21)20(27)25-16-10-8-15(9-11-16)13-26-14-24-17-6-4-5-7-18(17)26/h4-12,14H,13H2,1-3H3,(H,25,27). The van der Waals surface area contributed by atoms with E-state index in [4.69, 9.17) is 0 Å². The summed E-state index contributed by atoms with van der Waals surface area (Å²) >= 11 is 1.44. The van der Waals surface area contributed by atoms with E-state index in [1.807, 2.05) is 48.8 Å². The van der Waals surface area contributed by atoms with Gasteiger partial charge < -0.3 is 9.88 Å². The molecule has 4 rings (SSSR count). The van der Waals surface area contributed by atoms with E-state index in [0.29, 0.717) is 4.88 Å². The Balaban J connectivity index is 1.44. The van der Waals surface area contributed by atoms with Gasteiger partial charge in [0.1, 0.15) is 4.88 Å². The van der Waals surface area contributed by atoms with E-state index in [1.54, 1.807) is 6.20 Å². The Morgan fingerprint density at radius 2 is 1.82 bits per heavy atom. The second-order valence-corrected chi connectivity index (χ2v) is 8.82. The SMILES string of the molecule is CC(C)(C)c1ncc(C(=O)Nc2ccc(Cn3cnc4ccccc43)cc2)s1. The molecule has 0 saturated heterocycles. The van der Waals surface area contributed by atoms with Crippen LogP contribution in [0.3, 0.4) is 0 Å². The van der Waals surface area contributed by atoms with Crippen LogP contribution in [0.4, 0.5) is 5.69 Å². The second kappa shape index (κ2) is 7.20. The molecule has 0 saturated carbocycles. The molecule has 0 fully saturated rings. The summed E-state index contributed by atoms with van der Waals surface area (Å²) in [5, 5.41) is 3.91. The zero-order valence-corrected chi connectivity index (χ0v) is 17.0. The van der Waals surface area contributed by atoms with E-state index in [1.165, 1.54) is 11.3 Å². The van der Waals surface area contributed by atoms with Gasteiger partial charge in [0, 0.05) is 17.6 Å². The number of carbonyl (C=O) groups excluding carboxylic acids is 1. The van der Waals surface area contributed by atoms with Crippen molar-refractivity contribution in [3.8, 4) is 0 Å². The summed E-state index contributed by atoms with van der Waals surface area (Å²) < 4.78 is 2.12. The molecule has 0 aliphatic carbocycles. The topological polar surface area (TPSA) is 59.8 Å². The molecule has 142 valence electrons. The monoisotopic (exact) mass is 390 g/mol. The Kier molecular flexibility index (Phi) is 4.73. The predicted molar refractivity (Wildman–Crippen MR) is 114 cm³/mol. The lowest BCUT2D eigenvalue weighted by Crippen LogP contribution is -2.11. The number of benzene rings is 2. The average Bonchev–Trinajstić information content (AvgIpc) is 3.31. The highest BCUT2D eigenvalue weighted by Crippen LogP contribution is 2.27. The predicted octanol–water partition coefficient (Wildman–Crippen LogP) is 5.09. The number of carbonyl (C=O) groups is 1. The largest absolute Gasteiger partial charge is 0.326 e. The smallest absolute Gasteiger partial charge is 0.267 e. The van der Waals surface area contributed by atoms with Crippen molar-refractivity contribution in [3.05, 3.63) is 76.5 Å².